The molecule has 0 fully saturated rings. The molecule has 0 unspecified atom stereocenters. The maximum atomic E-state index is 5.62. The minimum Gasteiger partial charge on any atom is -0.366 e. The first-order chi connectivity index (χ1) is 11.7. The first kappa shape index (κ1) is 16.1. The summed E-state index contributed by atoms with van der Waals surface area (Å²) in [5.41, 5.74) is 8.88. The molecule has 0 saturated heterocycles. The van der Waals surface area contributed by atoms with Gasteiger partial charge in [-0.3, -0.25) is 0 Å². The number of nitrogens with two attached hydrogens (primary N) is 1. The molecule has 2 heterocycles. The smallest absolute Gasteiger partial charge is 0.130 e. The maximum absolute atomic E-state index is 5.62. The third kappa shape index (κ3) is 3.60. The number of imidazole rings is 1. The predicted octanol–water partition coefficient (Wildman–Crippen LogP) is 2.39. The van der Waals surface area contributed by atoms with Crippen molar-refractivity contribution in [2.75, 3.05) is 11.9 Å². The molecule has 3 rings (SSSR count). The van der Waals surface area contributed by atoms with Crippen LogP contribution in [0.5, 0.6) is 0 Å². The normalized spacial score (nSPS) is 10.8. The fraction of sp³-hybridized carbons (Fsp3) is 0.278. The Balaban J connectivity index is 1.82. The third-order valence-electron chi connectivity index (χ3n) is 3.83. The molecule has 3 aromatic rings. The Labute approximate surface area is 141 Å². The summed E-state index contributed by atoms with van der Waals surface area (Å²) in [6.45, 7) is 5.15. The van der Waals surface area contributed by atoms with Gasteiger partial charge in [0.25, 0.3) is 0 Å². The summed E-state index contributed by atoms with van der Waals surface area (Å²) in [7, 11) is 0. The molecule has 0 radical (unpaired) electrons. The zero-order chi connectivity index (χ0) is 16.9. The fourth-order valence-electron chi connectivity index (χ4n) is 2.71. The van der Waals surface area contributed by atoms with Crippen LogP contribution < -0.4 is 11.1 Å². The van der Waals surface area contributed by atoms with E-state index in [0.717, 1.165) is 35.3 Å². The summed E-state index contributed by atoms with van der Waals surface area (Å²) in [6, 6.07) is 10.2. The van der Waals surface area contributed by atoms with Crippen LogP contribution in [0.1, 0.15) is 22.9 Å². The van der Waals surface area contributed by atoms with Crippen molar-refractivity contribution >= 4 is 5.82 Å². The number of nitrogens with one attached hydrogen (secondary N) is 1. The van der Waals surface area contributed by atoms with Crippen LogP contribution in [0.4, 0.5) is 5.82 Å². The zero-order valence-corrected chi connectivity index (χ0v) is 14.0. The second kappa shape index (κ2) is 7.23. The number of hydrogen-bond donors (Lipinski definition) is 2. The zero-order valence-electron chi connectivity index (χ0n) is 14.0. The molecule has 6 heteroatoms. The van der Waals surface area contributed by atoms with Crippen molar-refractivity contribution in [3.63, 3.8) is 0 Å². The Kier molecular flexibility index (Phi) is 4.86. The lowest BCUT2D eigenvalue weighted by molar-refractivity contribution is 0.884. The van der Waals surface area contributed by atoms with Gasteiger partial charge in [-0.15, -0.1) is 0 Å². The molecular weight excluding hydrogens is 300 g/mol. The lowest BCUT2D eigenvalue weighted by atomic mass is 10.1. The Hall–Kier alpha value is -2.73. The van der Waals surface area contributed by atoms with E-state index >= 15 is 0 Å². The van der Waals surface area contributed by atoms with Crippen LogP contribution in [-0.2, 0) is 13.0 Å². The van der Waals surface area contributed by atoms with Crippen molar-refractivity contribution < 1.29 is 0 Å². The van der Waals surface area contributed by atoms with Crippen molar-refractivity contribution in [1.29, 1.82) is 0 Å². The average molecular weight is 322 g/mol. The first-order valence-corrected chi connectivity index (χ1v) is 8.04. The molecule has 0 saturated carbocycles. The van der Waals surface area contributed by atoms with Crippen LogP contribution >= 0.6 is 0 Å². The van der Waals surface area contributed by atoms with Gasteiger partial charge in [-0.1, -0.05) is 18.2 Å². The van der Waals surface area contributed by atoms with E-state index in [0.29, 0.717) is 13.1 Å². The third-order valence-corrected chi connectivity index (χ3v) is 3.83. The van der Waals surface area contributed by atoms with Crippen LogP contribution in [0.15, 0.2) is 42.7 Å². The van der Waals surface area contributed by atoms with Gasteiger partial charge in [-0.2, -0.15) is 0 Å². The van der Waals surface area contributed by atoms with Crippen molar-refractivity contribution in [1.82, 2.24) is 19.5 Å². The molecule has 0 bridgehead atoms. The van der Waals surface area contributed by atoms with E-state index in [1.807, 2.05) is 44.4 Å². The van der Waals surface area contributed by atoms with Crippen LogP contribution in [0.3, 0.4) is 0 Å². The van der Waals surface area contributed by atoms with E-state index in [1.165, 1.54) is 5.56 Å². The standard InChI is InChI=1S/C18H22N6/c1-13-22-16(7-8-19)11-18(23-13)21-12-15-5-3-4-6-17(15)24-10-9-20-14(24)2/h3-6,9-11H,7-8,12,19H2,1-2H3,(H,21,22,23). The van der Waals surface area contributed by atoms with Crippen LogP contribution in [0.2, 0.25) is 0 Å². The number of para-hydroxylation sites is 1. The molecule has 124 valence electrons. The van der Waals surface area contributed by atoms with Crippen LogP contribution in [0.25, 0.3) is 5.69 Å². The van der Waals surface area contributed by atoms with E-state index < -0.39 is 0 Å². The molecule has 1 aromatic carbocycles. The van der Waals surface area contributed by atoms with Gasteiger partial charge in [0.15, 0.2) is 0 Å². The predicted molar refractivity (Wildman–Crippen MR) is 95.2 cm³/mol. The van der Waals surface area contributed by atoms with E-state index in [-0.39, 0.29) is 0 Å². The number of nitrogens with zero attached hydrogens (tertiary/aromatic N) is 4. The van der Waals surface area contributed by atoms with E-state index in [1.54, 1.807) is 0 Å². The number of benzene rings is 1. The first-order valence-electron chi connectivity index (χ1n) is 8.04. The SMILES string of the molecule is Cc1nc(CCN)cc(NCc2ccccc2-n2ccnc2C)n1. The summed E-state index contributed by atoms with van der Waals surface area (Å²) < 4.78 is 2.09. The highest BCUT2D eigenvalue weighted by atomic mass is 15.1. The van der Waals surface area contributed by atoms with Gasteiger partial charge in [0, 0.05) is 37.1 Å². The fourth-order valence-corrected chi connectivity index (χ4v) is 2.71. The average Bonchev–Trinajstić information content (AvgIpc) is 2.99. The molecule has 0 atom stereocenters. The number of rotatable bonds is 6. The summed E-state index contributed by atoms with van der Waals surface area (Å²) in [6.07, 6.45) is 4.54. The highest BCUT2D eigenvalue weighted by Crippen LogP contribution is 2.18. The van der Waals surface area contributed by atoms with Crippen molar-refractivity contribution in [3.05, 3.63) is 65.6 Å². The molecule has 2 aromatic heterocycles. The van der Waals surface area contributed by atoms with E-state index in [9.17, 15) is 0 Å². The Morgan fingerprint density at radius 2 is 2.00 bits per heavy atom. The molecular formula is C18H22N6. The summed E-state index contributed by atoms with van der Waals surface area (Å²) in [5, 5.41) is 3.40. The lowest BCUT2D eigenvalue weighted by Gasteiger charge is -2.13. The minimum atomic E-state index is 0.582. The largest absolute Gasteiger partial charge is 0.366 e. The molecule has 24 heavy (non-hydrogen) atoms. The highest BCUT2D eigenvalue weighted by molar-refractivity contribution is 5.45. The number of anilines is 1. The Morgan fingerprint density at radius 3 is 2.75 bits per heavy atom. The van der Waals surface area contributed by atoms with Gasteiger partial charge < -0.3 is 15.6 Å². The molecule has 0 aliphatic rings. The monoisotopic (exact) mass is 322 g/mol. The van der Waals surface area contributed by atoms with Gasteiger partial charge in [0.05, 0.1) is 5.69 Å². The van der Waals surface area contributed by atoms with Gasteiger partial charge in [-0.05, 0) is 32.0 Å². The second-order valence-electron chi connectivity index (χ2n) is 5.66. The van der Waals surface area contributed by atoms with Crippen molar-refractivity contribution in [2.45, 2.75) is 26.8 Å². The van der Waals surface area contributed by atoms with Gasteiger partial charge in [0.1, 0.15) is 17.5 Å². The second-order valence-corrected chi connectivity index (χ2v) is 5.66. The summed E-state index contributed by atoms with van der Waals surface area (Å²) in [4.78, 5) is 13.2. The molecule has 0 aliphatic carbocycles. The van der Waals surface area contributed by atoms with Crippen LogP contribution in [-0.4, -0.2) is 26.1 Å². The summed E-state index contributed by atoms with van der Waals surface area (Å²) >= 11 is 0. The van der Waals surface area contributed by atoms with Crippen molar-refractivity contribution in [2.24, 2.45) is 5.73 Å². The Bertz CT molecular complexity index is 824. The molecule has 0 aliphatic heterocycles. The van der Waals surface area contributed by atoms with Gasteiger partial charge >= 0.3 is 0 Å². The Morgan fingerprint density at radius 1 is 1.17 bits per heavy atom. The topological polar surface area (TPSA) is 81.6 Å². The molecule has 0 amide bonds. The minimum absolute atomic E-state index is 0.582. The quantitative estimate of drug-likeness (QED) is 0.728. The van der Waals surface area contributed by atoms with E-state index in [4.69, 9.17) is 5.73 Å². The number of aromatic nitrogens is 4. The number of hydrogen-bond acceptors (Lipinski definition) is 5. The number of aryl methyl sites for hydroxylation is 2. The van der Waals surface area contributed by atoms with Gasteiger partial charge in [-0.25, -0.2) is 15.0 Å². The molecule has 0 spiro atoms. The maximum Gasteiger partial charge on any atom is 0.130 e. The van der Waals surface area contributed by atoms with E-state index in [2.05, 4.69) is 37.0 Å². The lowest BCUT2D eigenvalue weighted by Crippen LogP contribution is -2.10. The molecule has 6 nitrogen and oxygen atoms in total. The van der Waals surface area contributed by atoms with Crippen LogP contribution in [0, 0.1) is 13.8 Å². The van der Waals surface area contributed by atoms with Crippen molar-refractivity contribution in [3.8, 4) is 5.69 Å². The highest BCUT2D eigenvalue weighted by Gasteiger charge is 2.07. The molecule has 3 N–H and O–H groups in total. The summed E-state index contributed by atoms with van der Waals surface area (Å²) in [5.74, 6) is 2.54. The van der Waals surface area contributed by atoms with Gasteiger partial charge in [0.2, 0.25) is 0 Å².